The summed E-state index contributed by atoms with van der Waals surface area (Å²) >= 11 is 7.27. The summed E-state index contributed by atoms with van der Waals surface area (Å²) in [5.74, 6) is -1.71. The third-order valence-electron chi connectivity index (χ3n) is 5.17. The number of hydrogen-bond acceptors (Lipinski definition) is 5. The van der Waals surface area contributed by atoms with E-state index >= 15 is 0 Å². The summed E-state index contributed by atoms with van der Waals surface area (Å²) in [5.41, 5.74) is 0.778. The van der Waals surface area contributed by atoms with Crippen LogP contribution in [0.25, 0.3) is 16.3 Å². The van der Waals surface area contributed by atoms with Crippen LogP contribution in [0.1, 0.15) is 12.0 Å². The first-order valence-electron chi connectivity index (χ1n) is 10.3. The summed E-state index contributed by atoms with van der Waals surface area (Å²) in [6, 6.07) is 9.24. The second-order valence-electron chi connectivity index (χ2n) is 7.38. The van der Waals surface area contributed by atoms with E-state index in [1.807, 2.05) is 18.2 Å². The molecule has 5 nitrogen and oxygen atoms in total. The van der Waals surface area contributed by atoms with Crippen molar-refractivity contribution in [3.63, 3.8) is 0 Å². The molecule has 4 rings (SSSR count). The summed E-state index contributed by atoms with van der Waals surface area (Å²) < 4.78 is 33.6. The van der Waals surface area contributed by atoms with Gasteiger partial charge in [0.05, 0.1) is 17.9 Å². The molecule has 0 unspecified atom stereocenters. The molecule has 1 aromatic heterocycles. The van der Waals surface area contributed by atoms with Gasteiger partial charge < -0.3 is 4.74 Å². The topological polar surface area (TPSA) is 45.7 Å². The van der Waals surface area contributed by atoms with Crippen LogP contribution < -0.4 is 4.90 Å². The number of thiazole rings is 1. The Labute approximate surface area is 206 Å². The molecule has 176 valence electrons. The van der Waals surface area contributed by atoms with E-state index in [4.69, 9.17) is 16.3 Å². The zero-order valence-corrected chi connectivity index (χ0v) is 20.1. The normalized spacial score (nSPS) is 14.5. The van der Waals surface area contributed by atoms with Crippen LogP contribution in [0.5, 0.6) is 0 Å². The Balaban J connectivity index is 0.00000306. The van der Waals surface area contributed by atoms with Crippen molar-refractivity contribution < 1.29 is 18.3 Å². The average molecular weight is 514 g/mol. The summed E-state index contributed by atoms with van der Waals surface area (Å²) in [6.45, 7) is 4.30. The Morgan fingerprint density at radius 2 is 2.00 bits per heavy atom. The van der Waals surface area contributed by atoms with Gasteiger partial charge in [-0.25, -0.2) is 13.8 Å². The predicted molar refractivity (Wildman–Crippen MR) is 131 cm³/mol. The molecule has 0 bridgehead atoms. The predicted octanol–water partition coefficient (Wildman–Crippen LogP) is 5.42. The van der Waals surface area contributed by atoms with Gasteiger partial charge in [0.1, 0.15) is 11.3 Å². The average Bonchev–Trinajstić information content (AvgIpc) is 3.20. The fourth-order valence-electron chi connectivity index (χ4n) is 3.50. The number of nitrogens with zero attached hydrogens (tertiary/aromatic N) is 3. The van der Waals surface area contributed by atoms with Crippen molar-refractivity contribution in [1.82, 2.24) is 9.88 Å². The molecule has 3 aromatic rings. The SMILES string of the molecule is Cl.O=C(/C=C/c1ccccc1Cl)N(CCCN1CCOCC1)c1nc2c(F)cc(F)cc2s1. The maximum atomic E-state index is 14.2. The van der Waals surface area contributed by atoms with Crippen molar-refractivity contribution in [2.24, 2.45) is 0 Å². The van der Waals surface area contributed by atoms with E-state index in [9.17, 15) is 13.6 Å². The zero-order valence-electron chi connectivity index (χ0n) is 17.7. The Morgan fingerprint density at radius 3 is 2.76 bits per heavy atom. The van der Waals surface area contributed by atoms with Crippen LogP contribution in [-0.2, 0) is 9.53 Å². The van der Waals surface area contributed by atoms with Gasteiger partial charge in [0.25, 0.3) is 5.91 Å². The zero-order chi connectivity index (χ0) is 22.5. The van der Waals surface area contributed by atoms with Crippen molar-refractivity contribution in [3.05, 3.63) is 64.7 Å². The highest BCUT2D eigenvalue weighted by atomic mass is 35.5. The van der Waals surface area contributed by atoms with Crippen molar-refractivity contribution in [2.75, 3.05) is 44.3 Å². The van der Waals surface area contributed by atoms with E-state index in [1.54, 1.807) is 12.1 Å². The number of ether oxygens (including phenoxy) is 1. The molecule has 1 aliphatic rings. The molecule has 0 saturated carbocycles. The van der Waals surface area contributed by atoms with Gasteiger partial charge in [-0.05, 0) is 30.2 Å². The number of morpholine rings is 1. The van der Waals surface area contributed by atoms with Gasteiger partial charge in [-0.1, -0.05) is 41.1 Å². The summed E-state index contributed by atoms with van der Waals surface area (Å²) in [6.07, 6.45) is 3.78. The number of amides is 1. The fraction of sp³-hybridized carbons (Fsp3) is 0.304. The smallest absolute Gasteiger partial charge is 0.252 e. The Kier molecular flexibility index (Phi) is 9.17. The van der Waals surface area contributed by atoms with Crippen LogP contribution in [0.2, 0.25) is 5.02 Å². The first kappa shape index (κ1) is 25.5. The van der Waals surface area contributed by atoms with Gasteiger partial charge >= 0.3 is 0 Å². The Bertz CT molecular complexity index is 1140. The molecule has 1 aliphatic heterocycles. The molecule has 2 aromatic carbocycles. The summed E-state index contributed by atoms with van der Waals surface area (Å²) in [5, 5.41) is 0.869. The number of rotatable bonds is 7. The van der Waals surface area contributed by atoms with E-state index in [2.05, 4.69) is 9.88 Å². The standard InChI is InChI=1S/C23H22ClF2N3O2S.ClH/c24-18-5-2-1-4-16(18)6-7-21(30)29(9-3-8-28-10-12-31-13-11-28)23-27-22-19(26)14-17(25)15-20(22)32-23;/h1-2,4-7,14-15H,3,8-13H2;1H/b7-6+;. The van der Waals surface area contributed by atoms with Crippen molar-refractivity contribution in [1.29, 1.82) is 0 Å². The van der Waals surface area contributed by atoms with Gasteiger partial charge in [-0.15, -0.1) is 12.4 Å². The molecule has 2 heterocycles. The third kappa shape index (κ3) is 6.49. The molecule has 0 radical (unpaired) electrons. The lowest BCUT2D eigenvalue weighted by atomic mass is 10.2. The van der Waals surface area contributed by atoms with Crippen molar-refractivity contribution >= 4 is 62.7 Å². The quantitative estimate of drug-likeness (QED) is 0.395. The summed E-state index contributed by atoms with van der Waals surface area (Å²) in [4.78, 5) is 21.2. The molecular weight excluding hydrogens is 491 g/mol. The van der Waals surface area contributed by atoms with Crippen molar-refractivity contribution in [3.8, 4) is 0 Å². The highest BCUT2D eigenvalue weighted by Gasteiger charge is 2.20. The van der Waals surface area contributed by atoms with E-state index in [0.717, 1.165) is 37.0 Å². The third-order valence-corrected chi connectivity index (χ3v) is 6.54. The van der Waals surface area contributed by atoms with Crippen LogP contribution in [0.15, 0.2) is 42.5 Å². The van der Waals surface area contributed by atoms with E-state index < -0.39 is 11.6 Å². The highest BCUT2D eigenvalue weighted by Crippen LogP contribution is 2.31. The van der Waals surface area contributed by atoms with Crippen LogP contribution in [-0.4, -0.2) is 55.2 Å². The van der Waals surface area contributed by atoms with E-state index in [1.165, 1.54) is 17.0 Å². The van der Waals surface area contributed by atoms with Crippen LogP contribution in [0.3, 0.4) is 0 Å². The molecule has 0 spiro atoms. The lowest BCUT2D eigenvalue weighted by Crippen LogP contribution is -2.39. The lowest BCUT2D eigenvalue weighted by Gasteiger charge is -2.27. The second-order valence-corrected chi connectivity index (χ2v) is 8.80. The molecule has 33 heavy (non-hydrogen) atoms. The molecule has 0 atom stereocenters. The largest absolute Gasteiger partial charge is 0.379 e. The fourth-order valence-corrected chi connectivity index (χ4v) is 4.73. The molecule has 0 aliphatic carbocycles. The minimum Gasteiger partial charge on any atom is -0.379 e. The molecule has 1 saturated heterocycles. The number of carbonyl (C=O) groups is 1. The van der Waals surface area contributed by atoms with Gasteiger partial charge in [-0.3, -0.25) is 14.6 Å². The van der Waals surface area contributed by atoms with Crippen molar-refractivity contribution in [2.45, 2.75) is 6.42 Å². The van der Waals surface area contributed by atoms with Gasteiger partial charge in [-0.2, -0.15) is 0 Å². The molecular formula is C23H23Cl2F2N3O2S. The number of benzene rings is 2. The minimum absolute atomic E-state index is 0. The van der Waals surface area contributed by atoms with Crippen LogP contribution in [0, 0.1) is 11.6 Å². The minimum atomic E-state index is -0.741. The number of halogens is 4. The monoisotopic (exact) mass is 513 g/mol. The van der Waals surface area contributed by atoms with Crippen LogP contribution in [0.4, 0.5) is 13.9 Å². The highest BCUT2D eigenvalue weighted by molar-refractivity contribution is 7.22. The number of aromatic nitrogens is 1. The number of anilines is 1. The Hall–Kier alpha value is -2.10. The molecule has 1 amide bonds. The van der Waals surface area contributed by atoms with E-state index in [-0.39, 0.29) is 23.8 Å². The maximum absolute atomic E-state index is 14.2. The maximum Gasteiger partial charge on any atom is 0.252 e. The van der Waals surface area contributed by atoms with Gasteiger partial charge in [0.15, 0.2) is 10.9 Å². The van der Waals surface area contributed by atoms with Crippen LogP contribution >= 0.6 is 35.3 Å². The van der Waals surface area contributed by atoms with E-state index in [0.29, 0.717) is 46.6 Å². The number of hydrogen-bond donors (Lipinski definition) is 0. The number of carbonyl (C=O) groups excluding carboxylic acids is 1. The molecule has 0 N–H and O–H groups in total. The van der Waals surface area contributed by atoms with Gasteiger partial charge in [0, 0.05) is 43.3 Å². The molecule has 10 heteroatoms. The Morgan fingerprint density at radius 1 is 1.24 bits per heavy atom. The first-order chi connectivity index (χ1) is 15.5. The number of fused-ring (bicyclic) bond motifs is 1. The molecule has 1 fully saturated rings. The lowest BCUT2D eigenvalue weighted by molar-refractivity contribution is -0.114. The second kappa shape index (κ2) is 11.9. The summed E-state index contributed by atoms with van der Waals surface area (Å²) in [7, 11) is 0. The van der Waals surface area contributed by atoms with Gasteiger partial charge in [0.2, 0.25) is 0 Å². The first-order valence-corrected chi connectivity index (χ1v) is 11.5.